The lowest BCUT2D eigenvalue weighted by Crippen LogP contribution is -2.14. The number of amides is 1. The maximum Gasteiger partial charge on any atom is 0.358 e. The van der Waals surface area contributed by atoms with Crippen molar-refractivity contribution >= 4 is 29.3 Å². The minimum atomic E-state index is -1.14. The van der Waals surface area contributed by atoms with E-state index in [0.717, 1.165) is 12.2 Å². The molecular formula is C14H16N4O3S. The van der Waals surface area contributed by atoms with E-state index in [2.05, 4.69) is 22.6 Å². The first-order valence-electron chi connectivity index (χ1n) is 6.74. The van der Waals surface area contributed by atoms with Crippen molar-refractivity contribution < 1.29 is 14.7 Å². The van der Waals surface area contributed by atoms with E-state index in [-0.39, 0.29) is 11.6 Å². The van der Waals surface area contributed by atoms with E-state index in [0.29, 0.717) is 17.1 Å². The molecule has 0 aliphatic rings. The standard InChI is InChI=1S/C14H16N4O3S/c1-2-6-22-9-13(19)15-10-4-3-5-11(7-10)18-8-12(14(20)21)16-17-18/h3-5,7-8H,2,6,9H2,1H3,(H,15,19)(H,20,21). The first kappa shape index (κ1) is 16.0. The molecule has 0 aliphatic heterocycles. The Kier molecular flexibility index (Phi) is 5.54. The first-order chi connectivity index (χ1) is 10.6. The number of carbonyl (C=O) groups excluding carboxylic acids is 1. The molecule has 0 atom stereocenters. The number of carboxylic acids is 1. The molecule has 0 saturated carbocycles. The van der Waals surface area contributed by atoms with Crippen LogP contribution in [0.15, 0.2) is 30.5 Å². The lowest BCUT2D eigenvalue weighted by atomic mass is 10.2. The lowest BCUT2D eigenvalue weighted by molar-refractivity contribution is -0.113. The van der Waals surface area contributed by atoms with Crippen molar-refractivity contribution in [1.82, 2.24) is 15.0 Å². The van der Waals surface area contributed by atoms with Gasteiger partial charge in [-0.2, -0.15) is 11.8 Å². The predicted octanol–water partition coefficient (Wildman–Crippen LogP) is 2.05. The van der Waals surface area contributed by atoms with E-state index in [1.54, 1.807) is 36.0 Å². The van der Waals surface area contributed by atoms with Crippen LogP contribution in [0.5, 0.6) is 0 Å². The molecule has 8 heteroatoms. The largest absolute Gasteiger partial charge is 0.476 e. The summed E-state index contributed by atoms with van der Waals surface area (Å²) in [6, 6.07) is 6.98. The second kappa shape index (κ2) is 7.60. The molecule has 2 N–H and O–H groups in total. The maximum atomic E-state index is 11.8. The second-order valence-electron chi connectivity index (χ2n) is 4.50. The zero-order chi connectivity index (χ0) is 15.9. The van der Waals surface area contributed by atoms with Crippen LogP contribution in [0.3, 0.4) is 0 Å². The van der Waals surface area contributed by atoms with Crippen LogP contribution in [0, 0.1) is 0 Å². The molecule has 22 heavy (non-hydrogen) atoms. The van der Waals surface area contributed by atoms with Gasteiger partial charge in [0, 0.05) is 5.69 Å². The number of anilines is 1. The van der Waals surface area contributed by atoms with Crippen LogP contribution in [-0.4, -0.2) is 43.5 Å². The van der Waals surface area contributed by atoms with Gasteiger partial charge in [0.15, 0.2) is 5.69 Å². The average Bonchev–Trinajstić information content (AvgIpc) is 2.98. The maximum absolute atomic E-state index is 11.8. The Morgan fingerprint density at radius 1 is 1.41 bits per heavy atom. The van der Waals surface area contributed by atoms with Gasteiger partial charge in [-0.05, 0) is 30.4 Å². The van der Waals surface area contributed by atoms with E-state index >= 15 is 0 Å². The highest BCUT2D eigenvalue weighted by Gasteiger charge is 2.10. The Labute approximate surface area is 131 Å². The van der Waals surface area contributed by atoms with Crippen LogP contribution < -0.4 is 5.32 Å². The summed E-state index contributed by atoms with van der Waals surface area (Å²) in [4.78, 5) is 22.6. The molecule has 1 amide bonds. The van der Waals surface area contributed by atoms with Crippen LogP contribution in [0.2, 0.25) is 0 Å². The molecule has 2 rings (SSSR count). The van der Waals surface area contributed by atoms with Crippen molar-refractivity contribution in [2.75, 3.05) is 16.8 Å². The van der Waals surface area contributed by atoms with Gasteiger partial charge in [0.2, 0.25) is 5.91 Å². The predicted molar refractivity (Wildman–Crippen MR) is 84.6 cm³/mol. The van der Waals surface area contributed by atoms with Crippen molar-refractivity contribution in [2.24, 2.45) is 0 Å². The minimum Gasteiger partial charge on any atom is -0.476 e. The number of nitrogens with zero attached hydrogens (tertiary/aromatic N) is 3. The number of carboxylic acid groups (broad SMARTS) is 1. The Balaban J connectivity index is 2.06. The third kappa shape index (κ3) is 4.32. The molecule has 1 aromatic carbocycles. The fourth-order valence-electron chi connectivity index (χ4n) is 1.72. The summed E-state index contributed by atoms with van der Waals surface area (Å²) < 4.78 is 1.35. The summed E-state index contributed by atoms with van der Waals surface area (Å²) in [7, 11) is 0. The van der Waals surface area contributed by atoms with Crippen LogP contribution in [0.1, 0.15) is 23.8 Å². The number of rotatable bonds is 7. The van der Waals surface area contributed by atoms with Gasteiger partial charge >= 0.3 is 5.97 Å². The quantitative estimate of drug-likeness (QED) is 0.758. The van der Waals surface area contributed by atoms with Crippen molar-refractivity contribution in [1.29, 1.82) is 0 Å². The molecule has 1 aromatic heterocycles. The van der Waals surface area contributed by atoms with E-state index in [1.807, 2.05) is 0 Å². The summed E-state index contributed by atoms with van der Waals surface area (Å²) in [5, 5.41) is 19.0. The van der Waals surface area contributed by atoms with Gasteiger partial charge in [-0.25, -0.2) is 9.48 Å². The fraction of sp³-hybridized carbons (Fsp3) is 0.286. The number of thioether (sulfide) groups is 1. The van der Waals surface area contributed by atoms with Crippen LogP contribution in [-0.2, 0) is 4.79 Å². The van der Waals surface area contributed by atoms with Crippen molar-refractivity contribution in [2.45, 2.75) is 13.3 Å². The van der Waals surface area contributed by atoms with Gasteiger partial charge in [0.1, 0.15) is 0 Å². The summed E-state index contributed by atoms with van der Waals surface area (Å²) in [6.07, 6.45) is 2.35. The molecule has 7 nitrogen and oxygen atoms in total. The Morgan fingerprint density at radius 3 is 2.91 bits per heavy atom. The van der Waals surface area contributed by atoms with E-state index in [9.17, 15) is 9.59 Å². The van der Waals surface area contributed by atoms with Crippen molar-refractivity contribution in [3.8, 4) is 5.69 Å². The molecule has 0 fully saturated rings. The number of aromatic nitrogens is 3. The second-order valence-corrected chi connectivity index (χ2v) is 5.61. The highest BCUT2D eigenvalue weighted by atomic mass is 32.2. The molecule has 0 aliphatic carbocycles. The van der Waals surface area contributed by atoms with Gasteiger partial charge in [-0.3, -0.25) is 4.79 Å². The third-order valence-electron chi connectivity index (χ3n) is 2.69. The third-order valence-corrected chi connectivity index (χ3v) is 3.85. The summed E-state index contributed by atoms with van der Waals surface area (Å²) in [5.74, 6) is 0.152. The number of carbonyl (C=O) groups is 2. The van der Waals surface area contributed by atoms with E-state index < -0.39 is 5.97 Å². The number of benzene rings is 1. The van der Waals surface area contributed by atoms with Crippen LogP contribution >= 0.6 is 11.8 Å². The number of nitrogens with one attached hydrogen (secondary N) is 1. The first-order valence-corrected chi connectivity index (χ1v) is 7.89. The van der Waals surface area contributed by atoms with Crippen LogP contribution in [0.4, 0.5) is 5.69 Å². The van der Waals surface area contributed by atoms with Crippen molar-refractivity contribution in [3.63, 3.8) is 0 Å². The van der Waals surface area contributed by atoms with Gasteiger partial charge < -0.3 is 10.4 Å². The summed E-state index contributed by atoms with van der Waals surface area (Å²) in [5.41, 5.74) is 1.12. The number of hydrogen-bond acceptors (Lipinski definition) is 5. The summed E-state index contributed by atoms with van der Waals surface area (Å²) >= 11 is 1.58. The highest BCUT2D eigenvalue weighted by Crippen LogP contribution is 2.15. The molecule has 0 unspecified atom stereocenters. The molecule has 0 bridgehead atoms. The zero-order valence-electron chi connectivity index (χ0n) is 12.0. The molecule has 0 spiro atoms. The minimum absolute atomic E-state index is 0.0691. The molecule has 2 aromatic rings. The van der Waals surface area contributed by atoms with Crippen LogP contribution in [0.25, 0.3) is 5.69 Å². The molecular weight excluding hydrogens is 304 g/mol. The van der Waals surface area contributed by atoms with Gasteiger partial charge in [0.25, 0.3) is 0 Å². The van der Waals surface area contributed by atoms with E-state index in [4.69, 9.17) is 5.11 Å². The highest BCUT2D eigenvalue weighted by molar-refractivity contribution is 7.99. The topological polar surface area (TPSA) is 97.1 Å². The van der Waals surface area contributed by atoms with Crippen molar-refractivity contribution in [3.05, 3.63) is 36.2 Å². The zero-order valence-corrected chi connectivity index (χ0v) is 12.8. The van der Waals surface area contributed by atoms with Gasteiger partial charge in [-0.1, -0.05) is 18.2 Å². The number of aromatic carboxylic acids is 1. The lowest BCUT2D eigenvalue weighted by Gasteiger charge is -2.07. The van der Waals surface area contributed by atoms with Gasteiger partial charge in [-0.15, -0.1) is 5.10 Å². The summed E-state index contributed by atoms with van der Waals surface area (Å²) in [6.45, 7) is 2.07. The van der Waals surface area contributed by atoms with E-state index in [1.165, 1.54) is 10.9 Å². The fourth-order valence-corrected chi connectivity index (χ4v) is 2.41. The monoisotopic (exact) mass is 320 g/mol. The molecule has 116 valence electrons. The average molecular weight is 320 g/mol. The number of hydrogen-bond donors (Lipinski definition) is 2. The SMILES string of the molecule is CCCSCC(=O)Nc1cccc(-n2cc(C(=O)O)nn2)c1. The molecule has 1 heterocycles. The smallest absolute Gasteiger partial charge is 0.358 e. The Hall–Kier alpha value is -2.35. The van der Waals surface area contributed by atoms with Gasteiger partial charge in [0.05, 0.1) is 17.6 Å². The normalized spacial score (nSPS) is 10.4. The Bertz CT molecular complexity index is 672. The Morgan fingerprint density at radius 2 is 2.23 bits per heavy atom. The molecule has 0 radical (unpaired) electrons. The molecule has 0 saturated heterocycles.